The molecule has 2 aromatic rings. The van der Waals surface area contributed by atoms with Crippen LogP contribution in [0, 0.1) is 10.1 Å². The van der Waals surface area contributed by atoms with Crippen molar-refractivity contribution in [3.05, 3.63) is 64.2 Å². The van der Waals surface area contributed by atoms with Crippen LogP contribution in [-0.4, -0.2) is 56.4 Å². The highest BCUT2D eigenvalue weighted by Crippen LogP contribution is 2.21. The van der Waals surface area contributed by atoms with E-state index in [1.807, 2.05) is 0 Å². The van der Waals surface area contributed by atoms with Gasteiger partial charge in [0.15, 0.2) is 0 Å². The number of nitrogens with zero attached hydrogens (tertiary/aromatic N) is 3. The summed E-state index contributed by atoms with van der Waals surface area (Å²) in [5.74, 6) is -0.222. The van der Waals surface area contributed by atoms with Gasteiger partial charge in [0.2, 0.25) is 10.0 Å². The number of nitrogens with one attached hydrogen (secondary N) is 1. The molecule has 0 spiro atoms. The standard InChI is InChI=1S/C20H24N4O5S/c1-15(2)21-30(28,29)19-5-3-4-16(14-19)20(25)23-12-10-22(11-13-23)17-6-8-18(9-7-17)24(26)27/h3-9,14-15,21H,10-13H2,1-2H3. The minimum atomic E-state index is -3.68. The lowest BCUT2D eigenvalue weighted by Gasteiger charge is -2.36. The molecule has 0 unspecified atom stereocenters. The Morgan fingerprint density at radius 1 is 1.07 bits per heavy atom. The maximum absolute atomic E-state index is 12.9. The average Bonchev–Trinajstić information content (AvgIpc) is 2.72. The number of carbonyl (C=O) groups is 1. The van der Waals surface area contributed by atoms with E-state index in [4.69, 9.17) is 0 Å². The molecule has 0 radical (unpaired) electrons. The second-order valence-corrected chi connectivity index (χ2v) is 9.07. The number of amides is 1. The van der Waals surface area contributed by atoms with Gasteiger partial charge >= 0.3 is 0 Å². The van der Waals surface area contributed by atoms with Crippen LogP contribution >= 0.6 is 0 Å². The summed E-state index contributed by atoms with van der Waals surface area (Å²) in [7, 11) is -3.68. The van der Waals surface area contributed by atoms with E-state index in [9.17, 15) is 23.3 Å². The third-order valence-corrected chi connectivity index (χ3v) is 6.43. The number of nitro benzene ring substituents is 1. The van der Waals surface area contributed by atoms with Gasteiger partial charge in [-0.15, -0.1) is 0 Å². The van der Waals surface area contributed by atoms with E-state index in [1.165, 1.54) is 24.3 Å². The smallest absolute Gasteiger partial charge is 0.269 e. The number of anilines is 1. The minimum absolute atomic E-state index is 0.0364. The number of carbonyl (C=O) groups excluding carboxylic acids is 1. The van der Waals surface area contributed by atoms with Gasteiger partial charge in [0.05, 0.1) is 9.82 Å². The molecular weight excluding hydrogens is 408 g/mol. The van der Waals surface area contributed by atoms with Crippen LogP contribution < -0.4 is 9.62 Å². The number of piperazine rings is 1. The van der Waals surface area contributed by atoms with Crippen molar-refractivity contribution >= 4 is 27.3 Å². The van der Waals surface area contributed by atoms with Crippen LogP contribution in [0.2, 0.25) is 0 Å². The first-order valence-electron chi connectivity index (χ1n) is 9.58. The van der Waals surface area contributed by atoms with Crippen LogP contribution in [0.15, 0.2) is 53.4 Å². The number of hydrogen-bond acceptors (Lipinski definition) is 6. The molecule has 1 aliphatic heterocycles. The van der Waals surface area contributed by atoms with Crippen LogP contribution in [0.25, 0.3) is 0 Å². The number of hydrogen-bond donors (Lipinski definition) is 1. The second kappa shape index (κ2) is 8.80. The minimum Gasteiger partial charge on any atom is -0.368 e. The zero-order valence-corrected chi connectivity index (χ0v) is 17.6. The molecule has 0 bridgehead atoms. The van der Waals surface area contributed by atoms with Crippen LogP contribution in [0.1, 0.15) is 24.2 Å². The highest BCUT2D eigenvalue weighted by Gasteiger charge is 2.24. The van der Waals surface area contributed by atoms with Crippen molar-refractivity contribution in [2.45, 2.75) is 24.8 Å². The van der Waals surface area contributed by atoms with E-state index in [-0.39, 0.29) is 22.5 Å². The summed E-state index contributed by atoms with van der Waals surface area (Å²) in [5, 5.41) is 10.8. The first-order chi connectivity index (χ1) is 14.2. The van der Waals surface area contributed by atoms with Crippen molar-refractivity contribution in [2.75, 3.05) is 31.1 Å². The van der Waals surface area contributed by atoms with E-state index in [2.05, 4.69) is 9.62 Å². The Labute approximate surface area is 175 Å². The fraction of sp³-hybridized carbons (Fsp3) is 0.350. The summed E-state index contributed by atoms with van der Waals surface area (Å²) >= 11 is 0. The lowest BCUT2D eigenvalue weighted by molar-refractivity contribution is -0.384. The van der Waals surface area contributed by atoms with Crippen molar-refractivity contribution in [1.82, 2.24) is 9.62 Å². The quantitative estimate of drug-likeness (QED) is 0.553. The van der Waals surface area contributed by atoms with E-state index >= 15 is 0 Å². The molecule has 1 saturated heterocycles. The van der Waals surface area contributed by atoms with Crippen molar-refractivity contribution < 1.29 is 18.1 Å². The van der Waals surface area contributed by atoms with Gasteiger partial charge in [-0.1, -0.05) is 6.07 Å². The zero-order valence-electron chi connectivity index (χ0n) is 16.8. The van der Waals surface area contributed by atoms with Crippen molar-refractivity contribution in [3.63, 3.8) is 0 Å². The number of nitro groups is 1. The molecule has 160 valence electrons. The maximum Gasteiger partial charge on any atom is 0.269 e. The monoisotopic (exact) mass is 432 g/mol. The fourth-order valence-electron chi connectivity index (χ4n) is 3.31. The van der Waals surface area contributed by atoms with E-state index in [0.29, 0.717) is 31.7 Å². The average molecular weight is 433 g/mol. The van der Waals surface area contributed by atoms with Gasteiger partial charge in [-0.2, -0.15) is 0 Å². The molecule has 1 heterocycles. The normalized spacial score (nSPS) is 14.8. The van der Waals surface area contributed by atoms with E-state index in [0.717, 1.165) is 5.69 Å². The molecule has 0 saturated carbocycles. The van der Waals surface area contributed by atoms with Gasteiger partial charge in [-0.3, -0.25) is 14.9 Å². The molecule has 1 N–H and O–H groups in total. The summed E-state index contributed by atoms with van der Waals surface area (Å²) in [4.78, 5) is 27.0. The predicted octanol–water partition coefficient (Wildman–Crippen LogP) is 2.24. The van der Waals surface area contributed by atoms with Crippen molar-refractivity contribution in [3.8, 4) is 0 Å². The topological polar surface area (TPSA) is 113 Å². The van der Waals surface area contributed by atoms with Gasteiger partial charge in [-0.25, -0.2) is 13.1 Å². The summed E-state index contributed by atoms with van der Waals surface area (Å²) in [5.41, 5.74) is 1.22. The Kier molecular flexibility index (Phi) is 6.37. The zero-order chi connectivity index (χ0) is 21.9. The number of rotatable bonds is 6. The Morgan fingerprint density at radius 3 is 2.27 bits per heavy atom. The SMILES string of the molecule is CC(C)NS(=O)(=O)c1cccc(C(=O)N2CCN(c3ccc([N+](=O)[O-])cc3)CC2)c1. The maximum atomic E-state index is 12.9. The summed E-state index contributed by atoms with van der Waals surface area (Å²) < 4.78 is 27.3. The molecule has 1 amide bonds. The van der Waals surface area contributed by atoms with Gasteiger partial charge in [0.1, 0.15) is 0 Å². The van der Waals surface area contributed by atoms with E-state index < -0.39 is 14.9 Å². The molecule has 1 aliphatic rings. The molecular formula is C20H24N4O5S. The molecule has 30 heavy (non-hydrogen) atoms. The predicted molar refractivity (Wildman–Crippen MR) is 113 cm³/mol. The molecule has 0 aliphatic carbocycles. The van der Waals surface area contributed by atoms with Crippen molar-refractivity contribution in [2.24, 2.45) is 0 Å². The Bertz CT molecular complexity index is 1030. The van der Waals surface area contributed by atoms with Crippen LogP contribution in [0.3, 0.4) is 0 Å². The number of benzene rings is 2. The number of sulfonamides is 1. The fourth-order valence-corrected chi connectivity index (χ4v) is 4.61. The van der Waals surface area contributed by atoms with Crippen LogP contribution in [-0.2, 0) is 10.0 Å². The second-order valence-electron chi connectivity index (χ2n) is 7.36. The molecule has 3 rings (SSSR count). The lowest BCUT2D eigenvalue weighted by atomic mass is 10.1. The van der Waals surface area contributed by atoms with Crippen LogP contribution in [0.5, 0.6) is 0 Å². The first-order valence-corrected chi connectivity index (χ1v) is 11.1. The van der Waals surface area contributed by atoms with Gasteiger partial charge < -0.3 is 9.80 Å². The third kappa shape index (κ3) is 4.95. The Balaban J connectivity index is 1.67. The molecule has 2 aromatic carbocycles. The molecule has 10 heteroatoms. The van der Waals surface area contributed by atoms with E-state index in [1.54, 1.807) is 43.0 Å². The lowest BCUT2D eigenvalue weighted by Crippen LogP contribution is -2.48. The summed E-state index contributed by atoms with van der Waals surface area (Å²) in [6.45, 7) is 5.56. The first kappa shape index (κ1) is 21.7. The van der Waals surface area contributed by atoms with Gasteiger partial charge in [-0.05, 0) is 44.2 Å². The van der Waals surface area contributed by atoms with Gasteiger partial charge in [0.25, 0.3) is 11.6 Å². The largest absolute Gasteiger partial charge is 0.368 e. The molecule has 0 atom stereocenters. The third-order valence-electron chi connectivity index (χ3n) is 4.77. The molecule has 1 fully saturated rings. The summed E-state index contributed by atoms with van der Waals surface area (Å²) in [6, 6.07) is 12.1. The molecule has 0 aromatic heterocycles. The Hall–Kier alpha value is -2.98. The molecule has 9 nitrogen and oxygen atoms in total. The highest BCUT2D eigenvalue weighted by atomic mass is 32.2. The van der Waals surface area contributed by atoms with Crippen LogP contribution in [0.4, 0.5) is 11.4 Å². The Morgan fingerprint density at radius 2 is 1.70 bits per heavy atom. The highest BCUT2D eigenvalue weighted by molar-refractivity contribution is 7.89. The summed E-state index contributed by atoms with van der Waals surface area (Å²) in [6.07, 6.45) is 0. The van der Waals surface area contributed by atoms with Gasteiger partial charge in [0, 0.05) is 55.6 Å². The number of non-ortho nitro benzene ring substituents is 1. The van der Waals surface area contributed by atoms with Crippen molar-refractivity contribution in [1.29, 1.82) is 0 Å².